The van der Waals surface area contributed by atoms with Crippen molar-refractivity contribution in [2.24, 2.45) is 0 Å². The normalized spacial score (nSPS) is 15.0. The number of carbonyl (C=O) groups is 1. The van der Waals surface area contributed by atoms with Crippen molar-refractivity contribution in [3.8, 4) is 0 Å². The summed E-state index contributed by atoms with van der Waals surface area (Å²) in [5.41, 5.74) is 4.81. The van der Waals surface area contributed by atoms with Crippen LogP contribution in [0.15, 0.2) is 36.5 Å². The van der Waals surface area contributed by atoms with E-state index in [0.717, 1.165) is 31.0 Å². The Bertz CT molecular complexity index is 1050. The summed E-state index contributed by atoms with van der Waals surface area (Å²) in [6, 6.07) is 10.2. The van der Waals surface area contributed by atoms with Crippen molar-refractivity contribution in [2.45, 2.75) is 34.0 Å². The van der Waals surface area contributed by atoms with Crippen LogP contribution >= 0.6 is 11.6 Å². The summed E-state index contributed by atoms with van der Waals surface area (Å²) >= 11 is 6.22. The fourth-order valence-corrected chi connectivity index (χ4v) is 3.94. The van der Waals surface area contributed by atoms with Crippen LogP contribution in [-0.2, 0) is 13.2 Å². The molecule has 30 heavy (non-hydrogen) atoms. The van der Waals surface area contributed by atoms with Gasteiger partial charge in [-0.2, -0.15) is 10.2 Å². The van der Waals surface area contributed by atoms with Crippen LogP contribution in [0.3, 0.4) is 0 Å². The molecule has 3 heterocycles. The quantitative estimate of drug-likeness (QED) is 0.629. The molecule has 0 bridgehead atoms. The maximum absolute atomic E-state index is 12.9. The molecule has 0 aliphatic carbocycles. The van der Waals surface area contributed by atoms with Crippen LogP contribution in [0.4, 0.5) is 0 Å². The molecule has 0 N–H and O–H groups in total. The molecule has 0 atom stereocenters. The second kappa shape index (κ2) is 8.62. The van der Waals surface area contributed by atoms with E-state index in [9.17, 15) is 4.79 Å². The fourth-order valence-electron chi connectivity index (χ4n) is 3.80. The van der Waals surface area contributed by atoms with Gasteiger partial charge in [-0.1, -0.05) is 35.9 Å². The zero-order chi connectivity index (χ0) is 21.3. The molecule has 1 fully saturated rings. The summed E-state index contributed by atoms with van der Waals surface area (Å²) in [7, 11) is 0. The molecule has 158 valence electrons. The smallest absolute Gasteiger partial charge is 0.274 e. The van der Waals surface area contributed by atoms with Crippen LogP contribution in [0.2, 0.25) is 5.02 Å². The molecule has 1 aliphatic heterocycles. The van der Waals surface area contributed by atoms with E-state index in [2.05, 4.69) is 46.3 Å². The van der Waals surface area contributed by atoms with Crippen molar-refractivity contribution in [1.82, 2.24) is 29.4 Å². The van der Waals surface area contributed by atoms with E-state index in [0.29, 0.717) is 30.5 Å². The van der Waals surface area contributed by atoms with Crippen molar-refractivity contribution in [1.29, 1.82) is 0 Å². The third kappa shape index (κ3) is 4.27. The lowest BCUT2D eigenvalue weighted by molar-refractivity contribution is 0.0621. The van der Waals surface area contributed by atoms with Crippen LogP contribution in [0.25, 0.3) is 0 Å². The topological polar surface area (TPSA) is 59.2 Å². The van der Waals surface area contributed by atoms with Crippen molar-refractivity contribution < 1.29 is 4.79 Å². The van der Waals surface area contributed by atoms with Gasteiger partial charge in [0, 0.05) is 38.9 Å². The van der Waals surface area contributed by atoms with E-state index in [1.165, 1.54) is 11.1 Å². The van der Waals surface area contributed by atoms with Gasteiger partial charge in [0.2, 0.25) is 0 Å². The van der Waals surface area contributed by atoms with Gasteiger partial charge in [0.25, 0.3) is 5.91 Å². The van der Waals surface area contributed by atoms with E-state index < -0.39 is 0 Å². The highest BCUT2D eigenvalue weighted by Gasteiger charge is 2.24. The molecular weight excluding hydrogens is 400 g/mol. The van der Waals surface area contributed by atoms with E-state index in [4.69, 9.17) is 11.6 Å². The molecule has 0 saturated carbocycles. The first-order valence-electron chi connectivity index (χ1n) is 10.2. The first kappa shape index (κ1) is 20.6. The Morgan fingerprint density at radius 3 is 2.43 bits per heavy atom. The van der Waals surface area contributed by atoms with Crippen LogP contribution in [0, 0.1) is 20.8 Å². The molecule has 3 aromatic rings. The second-order valence-electron chi connectivity index (χ2n) is 7.86. The summed E-state index contributed by atoms with van der Waals surface area (Å²) in [5, 5.41) is 9.56. The lowest BCUT2D eigenvalue weighted by Crippen LogP contribution is -2.48. The number of aromatic nitrogens is 4. The Balaban J connectivity index is 1.34. The number of amides is 1. The van der Waals surface area contributed by atoms with Gasteiger partial charge >= 0.3 is 0 Å². The minimum Gasteiger partial charge on any atom is -0.335 e. The minimum absolute atomic E-state index is 0.0179. The molecule has 1 saturated heterocycles. The van der Waals surface area contributed by atoms with E-state index in [1.807, 2.05) is 24.9 Å². The average Bonchev–Trinajstić information content (AvgIpc) is 3.31. The number of aryl methyl sites for hydroxylation is 2. The number of hydrogen-bond acceptors (Lipinski definition) is 4. The first-order valence-corrected chi connectivity index (χ1v) is 10.6. The number of nitrogens with zero attached hydrogens (tertiary/aromatic N) is 6. The third-order valence-electron chi connectivity index (χ3n) is 5.75. The molecule has 0 radical (unpaired) electrons. The van der Waals surface area contributed by atoms with Gasteiger partial charge in [0.15, 0.2) is 0 Å². The van der Waals surface area contributed by atoms with Gasteiger partial charge in [-0.3, -0.25) is 14.4 Å². The summed E-state index contributed by atoms with van der Waals surface area (Å²) in [5.74, 6) is -0.0179. The van der Waals surface area contributed by atoms with E-state index in [1.54, 1.807) is 15.4 Å². The maximum Gasteiger partial charge on any atom is 0.274 e. The lowest BCUT2D eigenvalue weighted by Gasteiger charge is -2.34. The Hall–Kier alpha value is -2.64. The molecular formula is C22H27ClN6O. The summed E-state index contributed by atoms with van der Waals surface area (Å²) in [6.45, 7) is 10.5. The highest BCUT2D eigenvalue weighted by Crippen LogP contribution is 2.19. The highest BCUT2D eigenvalue weighted by atomic mass is 35.5. The zero-order valence-electron chi connectivity index (χ0n) is 17.7. The van der Waals surface area contributed by atoms with Gasteiger partial charge in [-0.15, -0.1) is 0 Å². The van der Waals surface area contributed by atoms with E-state index >= 15 is 0 Å². The van der Waals surface area contributed by atoms with Crippen LogP contribution in [0.5, 0.6) is 0 Å². The number of hydrogen-bond donors (Lipinski definition) is 0. The molecule has 1 amide bonds. The fraction of sp³-hybridized carbons (Fsp3) is 0.409. The average molecular weight is 427 g/mol. The molecule has 1 aromatic carbocycles. The largest absolute Gasteiger partial charge is 0.335 e. The lowest BCUT2D eigenvalue weighted by atomic mass is 10.1. The van der Waals surface area contributed by atoms with Crippen LogP contribution in [-0.4, -0.2) is 61.4 Å². The van der Waals surface area contributed by atoms with Crippen molar-refractivity contribution in [2.75, 3.05) is 26.2 Å². The predicted molar refractivity (Wildman–Crippen MR) is 117 cm³/mol. The van der Waals surface area contributed by atoms with Crippen molar-refractivity contribution in [3.63, 3.8) is 0 Å². The molecule has 7 nitrogen and oxygen atoms in total. The predicted octanol–water partition coefficient (Wildman–Crippen LogP) is 3.12. The maximum atomic E-state index is 12.9. The van der Waals surface area contributed by atoms with Crippen LogP contribution < -0.4 is 0 Å². The zero-order valence-corrected chi connectivity index (χ0v) is 18.4. The number of piperazine rings is 1. The molecule has 8 heteroatoms. The summed E-state index contributed by atoms with van der Waals surface area (Å²) < 4.78 is 3.51. The van der Waals surface area contributed by atoms with Crippen LogP contribution in [0.1, 0.15) is 33.0 Å². The van der Waals surface area contributed by atoms with Gasteiger partial charge in [-0.25, -0.2) is 4.68 Å². The second-order valence-corrected chi connectivity index (χ2v) is 8.24. The standard InChI is InChI=1S/C22H27ClN6O/c1-16-6-4-5-7-19(16)14-26-10-12-27(13-11-26)22(30)20-8-9-28(25-20)15-29-18(3)21(23)17(2)24-29/h4-9H,10-15H2,1-3H3. The van der Waals surface area contributed by atoms with Gasteiger partial charge in [0.05, 0.1) is 16.4 Å². The summed E-state index contributed by atoms with van der Waals surface area (Å²) in [6.07, 6.45) is 1.81. The number of benzene rings is 1. The Morgan fingerprint density at radius 2 is 1.77 bits per heavy atom. The molecule has 2 aromatic heterocycles. The number of carbonyl (C=O) groups excluding carboxylic acids is 1. The van der Waals surface area contributed by atoms with Crippen molar-refractivity contribution >= 4 is 17.5 Å². The monoisotopic (exact) mass is 426 g/mol. The van der Waals surface area contributed by atoms with Crippen molar-refractivity contribution in [3.05, 3.63) is 69.8 Å². The molecule has 0 spiro atoms. The van der Waals surface area contributed by atoms with E-state index in [-0.39, 0.29) is 5.91 Å². The Kier molecular flexibility index (Phi) is 5.92. The SMILES string of the molecule is Cc1ccccc1CN1CCN(C(=O)c2ccn(Cn3nc(C)c(Cl)c3C)n2)CC1. The molecule has 1 aliphatic rings. The molecule has 0 unspecified atom stereocenters. The number of halogens is 1. The third-order valence-corrected chi connectivity index (χ3v) is 6.29. The number of rotatable bonds is 5. The highest BCUT2D eigenvalue weighted by molar-refractivity contribution is 6.31. The molecule has 4 rings (SSSR count). The minimum atomic E-state index is -0.0179. The Morgan fingerprint density at radius 1 is 1.03 bits per heavy atom. The summed E-state index contributed by atoms with van der Waals surface area (Å²) in [4.78, 5) is 17.2. The van der Waals surface area contributed by atoms with Gasteiger partial charge in [-0.05, 0) is 38.0 Å². The van der Waals surface area contributed by atoms with Gasteiger partial charge in [0.1, 0.15) is 12.4 Å². The van der Waals surface area contributed by atoms with Gasteiger partial charge < -0.3 is 4.90 Å². The Labute approximate surface area is 181 Å². The first-order chi connectivity index (χ1) is 14.4.